The Hall–Kier alpha value is -1.68. The van der Waals surface area contributed by atoms with E-state index >= 15 is 0 Å². The fourth-order valence-electron chi connectivity index (χ4n) is 1.81. The molecule has 2 heterocycles. The summed E-state index contributed by atoms with van der Waals surface area (Å²) in [5.74, 6) is 0.841. The molecule has 4 nitrogen and oxygen atoms in total. The fourth-order valence-corrected chi connectivity index (χ4v) is 1.81. The topological polar surface area (TPSA) is 56.7 Å². The van der Waals surface area contributed by atoms with E-state index < -0.39 is 0 Å². The molecule has 0 bridgehead atoms. The van der Waals surface area contributed by atoms with Crippen molar-refractivity contribution in [1.82, 2.24) is 14.8 Å². The van der Waals surface area contributed by atoms with Gasteiger partial charge in [-0.25, -0.2) is 9.67 Å². The van der Waals surface area contributed by atoms with E-state index in [0.717, 1.165) is 28.2 Å². The van der Waals surface area contributed by atoms with Crippen LogP contribution in [0, 0.1) is 20.8 Å². The van der Waals surface area contributed by atoms with E-state index in [9.17, 15) is 0 Å². The van der Waals surface area contributed by atoms with Gasteiger partial charge in [-0.05, 0) is 38.0 Å². The van der Waals surface area contributed by atoms with E-state index in [1.165, 1.54) is 0 Å². The molecule has 0 saturated heterocycles. The molecule has 2 rings (SSSR count). The van der Waals surface area contributed by atoms with Crippen molar-refractivity contribution in [2.24, 2.45) is 5.73 Å². The van der Waals surface area contributed by atoms with E-state index in [1.54, 1.807) is 4.68 Å². The molecule has 0 atom stereocenters. The van der Waals surface area contributed by atoms with Crippen LogP contribution >= 0.6 is 0 Å². The summed E-state index contributed by atoms with van der Waals surface area (Å²) in [5.41, 5.74) is 10.1. The summed E-state index contributed by atoms with van der Waals surface area (Å²) in [4.78, 5) is 4.51. The molecule has 0 fully saturated rings. The molecule has 0 aromatic carbocycles. The first kappa shape index (κ1) is 10.8. The molecular weight excluding hydrogens is 200 g/mol. The smallest absolute Gasteiger partial charge is 0.158 e. The third-order valence-corrected chi connectivity index (χ3v) is 2.59. The van der Waals surface area contributed by atoms with Crippen LogP contribution in [0.5, 0.6) is 0 Å². The first-order valence-electron chi connectivity index (χ1n) is 5.30. The van der Waals surface area contributed by atoms with Crippen molar-refractivity contribution >= 4 is 0 Å². The second kappa shape index (κ2) is 4.06. The normalized spacial score (nSPS) is 10.8. The molecule has 2 aromatic rings. The molecule has 0 aliphatic heterocycles. The summed E-state index contributed by atoms with van der Waals surface area (Å²) in [6, 6.07) is 2.04. The second-order valence-corrected chi connectivity index (χ2v) is 4.05. The number of rotatable bonds is 2. The highest BCUT2D eigenvalue weighted by molar-refractivity contribution is 5.40. The molecule has 0 aliphatic carbocycles. The van der Waals surface area contributed by atoms with Crippen molar-refractivity contribution in [2.45, 2.75) is 27.3 Å². The Morgan fingerprint density at radius 3 is 2.62 bits per heavy atom. The lowest BCUT2D eigenvalue weighted by Crippen LogP contribution is -2.10. The maximum Gasteiger partial charge on any atom is 0.158 e. The van der Waals surface area contributed by atoms with Gasteiger partial charge in [-0.3, -0.25) is 0 Å². The molecule has 16 heavy (non-hydrogen) atoms. The lowest BCUT2D eigenvalue weighted by Gasteiger charge is -2.11. The molecule has 0 spiro atoms. The van der Waals surface area contributed by atoms with Gasteiger partial charge in [0.1, 0.15) is 0 Å². The van der Waals surface area contributed by atoms with Crippen LogP contribution in [0.3, 0.4) is 0 Å². The highest BCUT2D eigenvalue weighted by atomic mass is 15.3. The van der Waals surface area contributed by atoms with Gasteiger partial charge in [0.05, 0.1) is 6.20 Å². The van der Waals surface area contributed by atoms with Gasteiger partial charge < -0.3 is 5.73 Å². The average molecular weight is 216 g/mol. The lowest BCUT2D eigenvalue weighted by molar-refractivity contribution is 0.812. The number of aromatic nitrogens is 3. The third kappa shape index (κ3) is 1.84. The number of nitrogens with zero attached hydrogens (tertiary/aromatic N) is 3. The number of pyridine rings is 1. The Bertz CT molecular complexity index is 514. The van der Waals surface area contributed by atoms with Crippen molar-refractivity contribution < 1.29 is 0 Å². The van der Waals surface area contributed by atoms with E-state index in [0.29, 0.717) is 6.54 Å². The number of aryl methyl sites for hydroxylation is 3. The van der Waals surface area contributed by atoms with Crippen molar-refractivity contribution in [2.75, 3.05) is 0 Å². The molecule has 0 unspecified atom stereocenters. The van der Waals surface area contributed by atoms with Gasteiger partial charge in [-0.2, -0.15) is 5.10 Å². The molecule has 2 aromatic heterocycles. The first-order chi connectivity index (χ1) is 7.61. The van der Waals surface area contributed by atoms with Crippen molar-refractivity contribution in [3.05, 3.63) is 40.8 Å². The first-order valence-corrected chi connectivity index (χ1v) is 5.30. The number of hydrogen-bond donors (Lipinski definition) is 1. The Morgan fingerprint density at radius 1 is 1.31 bits per heavy atom. The van der Waals surface area contributed by atoms with E-state index in [2.05, 4.69) is 17.0 Å². The largest absolute Gasteiger partial charge is 0.326 e. The summed E-state index contributed by atoms with van der Waals surface area (Å²) in [6.45, 7) is 6.52. The number of hydrogen-bond acceptors (Lipinski definition) is 3. The van der Waals surface area contributed by atoms with Crippen LogP contribution in [0.4, 0.5) is 0 Å². The minimum atomic E-state index is 0.480. The zero-order valence-electron chi connectivity index (χ0n) is 9.86. The molecule has 0 radical (unpaired) electrons. The summed E-state index contributed by atoms with van der Waals surface area (Å²) in [6.07, 6.45) is 3.78. The maximum atomic E-state index is 5.76. The van der Waals surface area contributed by atoms with Gasteiger partial charge in [0.25, 0.3) is 0 Å². The monoisotopic (exact) mass is 216 g/mol. The maximum absolute atomic E-state index is 5.76. The van der Waals surface area contributed by atoms with Gasteiger partial charge in [0.15, 0.2) is 5.82 Å². The minimum Gasteiger partial charge on any atom is -0.326 e. The van der Waals surface area contributed by atoms with Crippen LogP contribution in [-0.2, 0) is 6.54 Å². The van der Waals surface area contributed by atoms with Crippen LogP contribution < -0.4 is 5.73 Å². The SMILES string of the molecule is Cc1cnn(-c2nc(C)cc(C)c2CN)c1. The van der Waals surface area contributed by atoms with Crippen LogP contribution in [0.15, 0.2) is 18.5 Å². The predicted octanol–water partition coefficient (Wildman–Crippen LogP) is 1.65. The summed E-state index contributed by atoms with van der Waals surface area (Å²) < 4.78 is 1.79. The van der Waals surface area contributed by atoms with Crippen molar-refractivity contribution in [3.8, 4) is 5.82 Å². The van der Waals surface area contributed by atoms with Gasteiger partial charge in [0, 0.05) is 24.0 Å². The Morgan fingerprint density at radius 2 is 2.06 bits per heavy atom. The minimum absolute atomic E-state index is 0.480. The quantitative estimate of drug-likeness (QED) is 0.830. The molecule has 84 valence electrons. The van der Waals surface area contributed by atoms with Crippen LogP contribution in [-0.4, -0.2) is 14.8 Å². The van der Waals surface area contributed by atoms with Gasteiger partial charge in [-0.15, -0.1) is 0 Å². The Kier molecular flexibility index (Phi) is 2.75. The second-order valence-electron chi connectivity index (χ2n) is 4.05. The summed E-state index contributed by atoms with van der Waals surface area (Å²) in [5, 5.41) is 4.28. The molecule has 0 saturated carbocycles. The van der Waals surface area contributed by atoms with E-state index in [4.69, 9.17) is 5.73 Å². The highest BCUT2D eigenvalue weighted by Crippen LogP contribution is 2.17. The predicted molar refractivity (Wildman–Crippen MR) is 63.5 cm³/mol. The summed E-state index contributed by atoms with van der Waals surface area (Å²) in [7, 11) is 0. The molecule has 2 N–H and O–H groups in total. The standard InChI is InChI=1S/C12H16N4/c1-8-6-14-16(7-8)12-11(5-13)9(2)4-10(3)15-12/h4,6-7H,5,13H2,1-3H3. The van der Waals surface area contributed by atoms with Gasteiger partial charge in [-0.1, -0.05) is 0 Å². The zero-order valence-corrected chi connectivity index (χ0v) is 9.86. The zero-order chi connectivity index (χ0) is 11.7. The average Bonchev–Trinajstić information content (AvgIpc) is 2.63. The summed E-state index contributed by atoms with van der Waals surface area (Å²) >= 11 is 0. The van der Waals surface area contributed by atoms with E-state index in [-0.39, 0.29) is 0 Å². The third-order valence-electron chi connectivity index (χ3n) is 2.59. The van der Waals surface area contributed by atoms with Crippen molar-refractivity contribution in [1.29, 1.82) is 0 Å². The molecule has 0 aliphatic rings. The van der Waals surface area contributed by atoms with Crippen LogP contribution in [0.2, 0.25) is 0 Å². The number of nitrogens with two attached hydrogens (primary N) is 1. The van der Waals surface area contributed by atoms with Crippen molar-refractivity contribution in [3.63, 3.8) is 0 Å². The van der Waals surface area contributed by atoms with Crippen LogP contribution in [0.1, 0.15) is 22.4 Å². The lowest BCUT2D eigenvalue weighted by atomic mass is 10.1. The molecular formula is C12H16N4. The van der Waals surface area contributed by atoms with Gasteiger partial charge >= 0.3 is 0 Å². The van der Waals surface area contributed by atoms with Gasteiger partial charge in [0.2, 0.25) is 0 Å². The van der Waals surface area contributed by atoms with Crippen LogP contribution in [0.25, 0.3) is 5.82 Å². The molecule has 0 amide bonds. The fraction of sp³-hybridized carbons (Fsp3) is 0.333. The highest BCUT2D eigenvalue weighted by Gasteiger charge is 2.09. The Labute approximate surface area is 95.1 Å². The van der Waals surface area contributed by atoms with E-state index in [1.807, 2.05) is 32.3 Å². The molecule has 4 heteroatoms. The Balaban J connectivity index is 2.63.